The molecule has 0 unspecified atom stereocenters. The number of methoxy groups -OCH3 is 3. The Morgan fingerprint density at radius 3 is 1.62 bits per heavy atom. The number of ether oxygens (including phenoxy) is 3. The molecule has 3 aromatic carbocycles. The quantitative estimate of drug-likeness (QED) is 0.313. The summed E-state index contributed by atoms with van der Waals surface area (Å²) in [5.41, 5.74) is 15.9. The summed E-state index contributed by atoms with van der Waals surface area (Å²) in [5, 5.41) is 0.677. The molecule has 0 heterocycles. The number of benzene rings is 3. The minimum Gasteiger partial charge on any atom is -0.495 e. The van der Waals surface area contributed by atoms with Gasteiger partial charge in [-0.05, 0) is 67.8 Å². The van der Waals surface area contributed by atoms with Crippen molar-refractivity contribution in [2.24, 2.45) is 0 Å². The van der Waals surface area contributed by atoms with Crippen molar-refractivity contribution < 1.29 is 14.2 Å². The third-order valence-corrected chi connectivity index (χ3v) is 5.84. The van der Waals surface area contributed by atoms with Crippen LogP contribution in [-0.4, -0.2) is 21.3 Å². The molecule has 0 aliphatic rings. The van der Waals surface area contributed by atoms with Crippen LogP contribution in [0.4, 0.5) is 11.4 Å². The summed E-state index contributed by atoms with van der Waals surface area (Å²) in [6.45, 7) is 5.84. The van der Waals surface area contributed by atoms with Gasteiger partial charge in [0, 0.05) is 8.95 Å². The molecule has 0 saturated heterocycles. The number of halogens is 3. The Morgan fingerprint density at radius 2 is 1.12 bits per heavy atom. The third-order valence-electron chi connectivity index (χ3n) is 4.44. The van der Waals surface area contributed by atoms with Gasteiger partial charge in [-0.3, -0.25) is 0 Å². The van der Waals surface area contributed by atoms with Crippen LogP contribution in [0.3, 0.4) is 0 Å². The van der Waals surface area contributed by atoms with Crippen molar-refractivity contribution >= 4 is 54.8 Å². The molecule has 0 aliphatic carbocycles. The minimum absolute atomic E-state index is 0.677. The summed E-state index contributed by atoms with van der Waals surface area (Å²) in [4.78, 5) is 0. The fourth-order valence-electron chi connectivity index (χ4n) is 2.57. The minimum atomic E-state index is 0.677. The molecule has 8 heteroatoms. The second-order valence-corrected chi connectivity index (χ2v) is 8.98. The van der Waals surface area contributed by atoms with Gasteiger partial charge in [-0.1, -0.05) is 55.6 Å². The first-order valence-electron chi connectivity index (χ1n) is 9.53. The molecule has 0 bridgehead atoms. The zero-order chi connectivity index (χ0) is 24.4. The maximum Gasteiger partial charge on any atom is 0.143 e. The average Bonchev–Trinajstić information content (AvgIpc) is 2.76. The van der Waals surface area contributed by atoms with Crippen LogP contribution < -0.4 is 25.7 Å². The molecule has 0 saturated carbocycles. The highest BCUT2D eigenvalue weighted by Gasteiger charge is 2.04. The summed E-state index contributed by atoms with van der Waals surface area (Å²) < 4.78 is 17.1. The number of nitrogens with two attached hydrogens (primary N) is 2. The van der Waals surface area contributed by atoms with Gasteiger partial charge in [0.05, 0.1) is 37.7 Å². The first-order chi connectivity index (χ1) is 15.0. The van der Waals surface area contributed by atoms with Crippen LogP contribution in [0.1, 0.15) is 16.7 Å². The number of anilines is 2. The molecule has 0 aromatic heterocycles. The van der Waals surface area contributed by atoms with Gasteiger partial charge in [0.1, 0.15) is 17.2 Å². The van der Waals surface area contributed by atoms with Gasteiger partial charge < -0.3 is 25.7 Å². The second kappa shape index (κ2) is 13.5. The fraction of sp³-hybridized carbons (Fsp3) is 0.250. The van der Waals surface area contributed by atoms with E-state index in [1.807, 2.05) is 63.2 Å². The van der Waals surface area contributed by atoms with Crippen LogP contribution in [0.15, 0.2) is 51.4 Å². The molecule has 32 heavy (non-hydrogen) atoms. The molecule has 0 amide bonds. The van der Waals surface area contributed by atoms with Crippen molar-refractivity contribution in [2.75, 3.05) is 32.8 Å². The fourth-order valence-corrected chi connectivity index (χ4v) is 3.86. The molecular formula is C24H29Br2ClN2O3. The molecule has 0 fully saturated rings. The van der Waals surface area contributed by atoms with Crippen molar-refractivity contribution in [1.82, 2.24) is 0 Å². The van der Waals surface area contributed by atoms with E-state index in [-0.39, 0.29) is 0 Å². The van der Waals surface area contributed by atoms with Crippen LogP contribution in [0, 0.1) is 20.8 Å². The van der Waals surface area contributed by atoms with Crippen molar-refractivity contribution in [2.45, 2.75) is 20.8 Å². The Bertz CT molecular complexity index is 989. The zero-order valence-corrected chi connectivity index (χ0v) is 23.0. The van der Waals surface area contributed by atoms with Gasteiger partial charge in [-0.15, -0.1) is 0 Å². The van der Waals surface area contributed by atoms with Gasteiger partial charge >= 0.3 is 0 Å². The van der Waals surface area contributed by atoms with E-state index in [9.17, 15) is 0 Å². The van der Waals surface area contributed by atoms with Crippen molar-refractivity contribution in [3.05, 3.63) is 73.1 Å². The lowest BCUT2D eigenvalue weighted by Gasteiger charge is -2.07. The van der Waals surface area contributed by atoms with E-state index < -0.39 is 0 Å². The first kappa shape index (κ1) is 27.9. The molecule has 0 atom stereocenters. The second-order valence-electron chi connectivity index (χ2n) is 6.77. The molecule has 3 rings (SSSR count). The van der Waals surface area contributed by atoms with E-state index in [2.05, 4.69) is 31.9 Å². The Morgan fingerprint density at radius 1 is 0.656 bits per heavy atom. The number of para-hydroxylation sites is 1. The predicted molar refractivity (Wildman–Crippen MR) is 142 cm³/mol. The number of rotatable bonds is 3. The van der Waals surface area contributed by atoms with Gasteiger partial charge in [-0.25, -0.2) is 0 Å². The van der Waals surface area contributed by atoms with E-state index in [0.717, 1.165) is 42.8 Å². The molecule has 4 N–H and O–H groups in total. The lowest BCUT2D eigenvalue weighted by atomic mass is 10.2. The normalized spacial score (nSPS) is 9.66. The lowest BCUT2D eigenvalue weighted by Crippen LogP contribution is -1.94. The molecule has 0 radical (unpaired) electrons. The summed E-state index contributed by atoms with van der Waals surface area (Å²) in [7, 11) is 4.83. The van der Waals surface area contributed by atoms with E-state index in [1.54, 1.807) is 21.3 Å². The highest BCUT2D eigenvalue weighted by Crippen LogP contribution is 2.31. The Hall–Kier alpha value is -2.09. The smallest absolute Gasteiger partial charge is 0.143 e. The summed E-state index contributed by atoms with van der Waals surface area (Å²) in [5.74, 6) is 2.18. The lowest BCUT2D eigenvalue weighted by molar-refractivity contribution is 0.414. The molecule has 0 aliphatic heterocycles. The van der Waals surface area contributed by atoms with Gasteiger partial charge in [0.15, 0.2) is 0 Å². The topological polar surface area (TPSA) is 79.7 Å². The highest BCUT2D eigenvalue weighted by molar-refractivity contribution is 9.10. The largest absolute Gasteiger partial charge is 0.495 e. The Labute approximate surface area is 212 Å². The first-order valence-corrected chi connectivity index (χ1v) is 11.5. The molecular weight excluding hydrogens is 560 g/mol. The maximum absolute atomic E-state index is 5.92. The summed E-state index contributed by atoms with van der Waals surface area (Å²) in [6, 6.07) is 13.3. The van der Waals surface area contributed by atoms with Crippen LogP contribution in [0.5, 0.6) is 17.2 Å². The summed E-state index contributed by atoms with van der Waals surface area (Å²) in [6.07, 6.45) is 0. The standard InChI is InChI=1S/C8H8BrClO.C8H10BrNO.C8H11NO/c2*1-5-3-6(9)4-7(11-2)8(5)10;1-6-4-3-5-7(10-2)8(6)9/h3-4H,1-2H3;3-4H,10H2,1-2H3;3-5H,9H2,1-2H3. The third kappa shape index (κ3) is 8.11. The Kier molecular flexibility index (Phi) is 11.8. The van der Waals surface area contributed by atoms with Crippen LogP contribution in [0.25, 0.3) is 0 Å². The van der Waals surface area contributed by atoms with Crippen molar-refractivity contribution in [3.63, 3.8) is 0 Å². The molecule has 3 aromatic rings. The van der Waals surface area contributed by atoms with Crippen LogP contribution in [-0.2, 0) is 0 Å². The SMILES string of the molecule is COc1cc(Br)cc(C)c1Cl.COc1cc(Br)cc(C)c1N.COc1cccc(C)c1N. The number of hydrogen-bond donors (Lipinski definition) is 2. The highest BCUT2D eigenvalue weighted by atomic mass is 79.9. The maximum atomic E-state index is 5.92. The van der Waals surface area contributed by atoms with E-state index >= 15 is 0 Å². The van der Waals surface area contributed by atoms with E-state index in [1.165, 1.54) is 0 Å². The van der Waals surface area contributed by atoms with Gasteiger partial charge in [-0.2, -0.15) is 0 Å². The number of nitrogen functional groups attached to an aromatic ring is 2. The molecule has 5 nitrogen and oxygen atoms in total. The predicted octanol–water partition coefficient (Wildman–Crippen LogP) is 7.35. The number of aryl methyl sites for hydroxylation is 3. The Balaban J connectivity index is 0.000000240. The van der Waals surface area contributed by atoms with Crippen LogP contribution >= 0.6 is 43.5 Å². The van der Waals surface area contributed by atoms with Gasteiger partial charge in [0.2, 0.25) is 0 Å². The monoisotopic (exact) mass is 586 g/mol. The molecule has 174 valence electrons. The zero-order valence-electron chi connectivity index (χ0n) is 19.1. The summed E-state index contributed by atoms with van der Waals surface area (Å²) >= 11 is 12.6. The van der Waals surface area contributed by atoms with Gasteiger partial charge in [0.25, 0.3) is 0 Å². The van der Waals surface area contributed by atoms with Crippen molar-refractivity contribution in [1.29, 1.82) is 0 Å². The number of hydrogen-bond acceptors (Lipinski definition) is 5. The van der Waals surface area contributed by atoms with Crippen LogP contribution in [0.2, 0.25) is 5.02 Å². The van der Waals surface area contributed by atoms with E-state index in [4.69, 9.17) is 37.3 Å². The van der Waals surface area contributed by atoms with Crippen molar-refractivity contribution in [3.8, 4) is 17.2 Å². The average molecular weight is 589 g/mol. The molecule has 0 spiro atoms. The van der Waals surface area contributed by atoms with E-state index in [0.29, 0.717) is 16.5 Å².